The Morgan fingerprint density at radius 3 is 1.68 bits per heavy atom. The zero-order chi connectivity index (χ0) is 16.5. The van der Waals surface area contributed by atoms with Crippen molar-refractivity contribution in [2.45, 2.75) is 0 Å². The van der Waals surface area contributed by atoms with E-state index >= 15 is 0 Å². The number of amides is 2. The summed E-state index contributed by atoms with van der Waals surface area (Å²) < 4.78 is 8.85. The molecule has 4 N–H and O–H groups in total. The molecule has 0 aliphatic rings. The van der Waals surface area contributed by atoms with Gasteiger partial charge in [0.25, 0.3) is 0 Å². The number of ether oxygens (including phenoxy) is 2. The first-order chi connectivity index (χ1) is 10.4. The van der Waals surface area contributed by atoms with Crippen molar-refractivity contribution < 1.29 is 19.1 Å². The topological polar surface area (TPSA) is 101 Å². The van der Waals surface area contributed by atoms with Crippen molar-refractivity contribution in [2.24, 2.45) is 0 Å². The number of carbonyl (C=O) groups is 2. The summed E-state index contributed by atoms with van der Waals surface area (Å²) in [6, 6.07) is 6.86. The summed E-state index contributed by atoms with van der Waals surface area (Å²) in [7, 11) is 2.47. The molecule has 0 aliphatic carbocycles. The quantitative estimate of drug-likeness (QED) is 0.604. The average molecular weight is 342 g/mol. The summed E-state index contributed by atoms with van der Waals surface area (Å²) >= 11 is 9.88. The minimum atomic E-state index is -0.671. The summed E-state index contributed by atoms with van der Waals surface area (Å²) in [5, 5.41) is 10.4. The van der Waals surface area contributed by atoms with E-state index in [0.29, 0.717) is 11.4 Å². The highest BCUT2D eigenvalue weighted by Crippen LogP contribution is 2.15. The van der Waals surface area contributed by atoms with Gasteiger partial charge < -0.3 is 20.1 Å². The third-order valence-electron chi connectivity index (χ3n) is 2.18. The second kappa shape index (κ2) is 8.74. The number of hydrogen-bond donors (Lipinski definition) is 4. The molecule has 1 rings (SSSR count). The highest BCUT2D eigenvalue weighted by atomic mass is 32.1. The fraction of sp³-hybridized carbons (Fsp3) is 0.167. The van der Waals surface area contributed by atoms with Crippen LogP contribution in [0.2, 0.25) is 0 Å². The van der Waals surface area contributed by atoms with Gasteiger partial charge in [-0.3, -0.25) is 10.6 Å². The molecule has 0 saturated carbocycles. The van der Waals surface area contributed by atoms with Gasteiger partial charge in [-0.15, -0.1) is 0 Å². The largest absolute Gasteiger partial charge is 0.453 e. The van der Waals surface area contributed by atoms with E-state index in [9.17, 15) is 9.59 Å². The lowest BCUT2D eigenvalue weighted by Gasteiger charge is -2.12. The molecule has 0 aromatic heterocycles. The molecule has 8 nitrogen and oxygen atoms in total. The number of alkyl carbamates (subject to hydrolysis) is 2. The molecule has 2 amide bonds. The van der Waals surface area contributed by atoms with Crippen molar-refractivity contribution in [3.63, 3.8) is 0 Å². The van der Waals surface area contributed by atoms with E-state index in [2.05, 4.69) is 30.7 Å². The summed E-state index contributed by atoms with van der Waals surface area (Å²) in [6.45, 7) is 0. The van der Waals surface area contributed by atoms with E-state index in [0.717, 1.165) is 0 Å². The van der Waals surface area contributed by atoms with Crippen LogP contribution in [0.1, 0.15) is 0 Å². The van der Waals surface area contributed by atoms with E-state index < -0.39 is 12.2 Å². The lowest BCUT2D eigenvalue weighted by Crippen LogP contribution is -2.34. The van der Waals surface area contributed by atoms with Crippen LogP contribution in [0.4, 0.5) is 21.0 Å². The highest BCUT2D eigenvalue weighted by molar-refractivity contribution is 7.80. The minimum absolute atomic E-state index is 0.0827. The minimum Gasteiger partial charge on any atom is -0.453 e. The van der Waals surface area contributed by atoms with Crippen LogP contribution >= 0.6 is 24.4 Å². The fourth-order valence-corrected chi connectivity index (χ4v) is 1.69. The first-order valence-electron chi connectivity index (χ1n) is 5.86. The molecular weight excluding hydrogens is 328 g/mol. The van der Waals surface area contributed by atoms with Crippen molar-refractivity contribution in [3.05, 3.63) is 24.3 Å². The van der Waals surface area contributed by atoms with Gasteiger partial charge in [-0.05, 0) is 42.6 Å². The van der Waals surface area contributed by atoms with Crippen LogP contribution in [-0.2, 0) is 9.47 Å². The number of anilines is 2. The fourth-order valence-electron chi connectivity index (χ4n) is 1.29. The molecular formula is C12H14N4O4S2. The Hall–Kier alpha value is -2.46. The third-order valence-corrected chi connectivity index (χ3v) is 2.59. The Bertz CT molecular complexity index is 547. The van der Waals surface area contributed by atoms with Crippen LogP contribution in [-0.4, -0.2) is 36.6 Å². The van der Waals surface area contributed by atoms with Crippen molar-refractivity contribution >= 4 is 58.2 Å². The smallest absolute Gasteiger partial charge is 0.413 e. The number of benzene rings is 1. The molecule has 118 valence electrons. The van der Waals surface area contributed by atoms with Crippen molar-refractivity contribution in [1.29, 1.82) is 0 Å². The van der Waals surface area contributed by atoms with E-state index in [-0.39, 0.29) is 10.2 Å². The molecule has 0 heterocycles. The van der Waals surface area contributed by atoms with Gasteiger partial charge >= 0.3 is 12.2 Å². The highest BCUT2D eigenvalue weighted by Gasteiger charge is 2.06. The third kappa shape index (κ3) is 6.33. The number of thiocarbonyl (C=S) groups is 2. The molecule has 0 unspecified atom stereocenters. The van der Waals surface area contributed by atoms with Crippen LogP contribution in [0.5, 0.6) is 0 Å². The maximum atomic E-state index is 11.0. The summed E-state index contributed by atoms with van der Waals surface area (Å²) in [6.07, 6.45) is -1.34. The van der Waals surface area contributed by atoms with Gasteiger partial charge in [0.2, 0.25) is 0 Å². The SMILES string of the molecule is COC(=O)NC(=S)Nc1cccc(NC(=S)NC(=O)OC)c1. The Kier molecular flexibility index (Phi) is 6.99. The maximum absolute atomic E-state index is 11.0. The summed E-state index contributed by atoms with van der Waals surface area (Å²) in [5.41, 5.74) is 1.21. The number of carbonyl (C=O) groups excluding carboxylic acids is 2. The zero-order valence-corrected chi connectivity index (χ0v) is 13.4. The van der Waals surface area contributed by atoms with E-state index in [4.69, 9.17) is 24.4 Å². The predicted molar refractivity (Wildman–Crippen MR) is 90.0 cm³/mol. The van der Waals surface area contributed by atoms with Gasteiger partial charge in [0, 0.05) is 11.4 Å². The first-order valence-corrected chi connectivity index (χ1v) is 6.68. The molecule has 0 saturated heterocycles. The van der Waals surface area contributed by atoms with Crippen LogP contribution in [0.15, 0.2) is 24.3 Å². The van der Waals surface area contributed by atoms with E-state index in [1.54, 1.807) is 24.3 Å². The van der Waals surface area contributed by atoms with Crippen LogP contribution < -0.4 is 21.3 Å². The summed E-state index contributed by atoms with van der Waals surface area (Å²) in [4.78, 5) is 22.0. The van der Waals surface area contributed by atoms with Crippen molar-refractivity contribution in [2.75, 3.05) is 24.9 Å². The zero-order valence-electron chi connectivity index (χ0n) is 11.8. The Balaban J connectivity index is 2.62. The maximum Gasteiger partial charge on any atom is 0.413 e. The number of rotatable bonds is 2. The van der Waals surface area contributed by atoms with Gasteiger partial charge in [0.15, 0.2) is 10.2 Å². The van der Waals surface area contributed by atoms with Gasteiger partial charge in [0.1, 0.15) is 0 Å². The van der Waals surface area contributed by atoms with Crippen molar-refractivity contribution in [1.82, 2.24) is 10.6 Å². The molecule has 0 atom stereocenters. The molecule has 0 radical (unpaired) electrons. The van der Waals surface area contributed by atoms with E-state index in [1.807, 2.05) is 0 Å². The Morgan fingerprint density at radius 2 is 1.32 bits per heavy atom. The van der Waals surface area contributed by atoms with Crippen LogP contribution in [0.3, 0.4) is 0 Å². The normalized spacial score (nSPS) is 9.18. The molecule has 0 spiro atoms. The number of nitrogens with one attached hydrogen (secondary N) is 4. The molecule has 1 aromatic carbocycles. The monoisotopic (exact) mass is 342 g/mol. The molecule has 0 fully saturated rings. The number of methoxy groups -OCH3 is 2. The second-order valence-electron chi connectivity index (χ2n) is 3.72. The molecule has 0 bridgehead atoms. The van der Waals surface area contributed by atoms with Crippen LogP contribution in [0.25, 0.3) is 0 Å². The first kappa shape index (κ1) is 17.6. The molecule has 22 heavy (non-hydrogen) atoms. The van der Waals surface area contributed by atoms with Crippen LogP contribution in [0, 0.1) is 0 Å². The molecule has 1 aromatic rings. The summed E-state index contributed by atoms with van der Waals surface area (Å²) in [5.74, 6) is 0. The van der Waals surface area contributed by atoms with Gasteiger partial charge in [-0.1, -0.05) is 6.07 Å². The molecule has 10 heteroatoms. The Labute approximate surface area is 137 Å². The predicted octanol–water partition coefficient (Wildman–Crippen LogP) is 1.79. The molecule has 0 aliphatic heterocycles. The lowest BCUT2D eigenvalue weighted by atomic mass is 10.3. The van der Waals surface area contributed by atoms with Crippen molar-refractivity contribution in [3.8, 4) is 0 Å². The average Bonchev–Trinajstić information content (AvgIpc) is 2.46. The van der Waals surface area contributed by atoms with E-state index in [1.165, 1.54) is 14.2 Å². The lowest BCUT2D eigenvalue weighted by molar-refractivity contribution is 0.176. The van der Waals surface area contributed by atoms with Gasteiger partial charge in [-0.25, -0.2) is 9.59 Å². The van der Waals surface area contributed by atoms with Gasteiger partial charge in [-0.2, -0.15) is 0 Å². The van der Waals surface area contributed by atoms with Gasteiger partial charge in [0.05, 0.1) is 14.2 Å². The number of hydrogen-bond acceptors (Lipinski definition) is 6. The Morgan fingerprint density at radius 1 is 0.909 bits per heavy atom. The standard InChI is InChI=1S/C12H14N4O4S2/c1-19-11(17)15-9(21)13-7-4-3-5-8(6-7)14-10(22)16-12(18)20-2/h3-6H,1-2H3,(H2,13,15,17,21)(H2,14,16,18,22). The second-order valence-corrected chi connectivity index (χ2v) is 4.54.